The van der Waals surface area contributed by atoms with Gasteiger partial charge in [0, 0.05) is 6.54 Å². The number of rotatable bonds is 7. The van der Waals surface area contributed by atoms with Gasteiger partial charge in [-0.1, -0.05) is 12.8 Å². The standard InChI is InChI=1S/C11H21N3O5S/c12-20(18,19)7-3-6-13-10(17)14-11(8-9(15)16)4-1-2-5-11/h1-8H2,(H,15,16)(H2,12,18,19)(H2,13,14,17). The fraction of sp³-hybridized carbons (Fsp3) is 0.818. The summed E-state index contributed by atoms with van der Waals surface area (Å²) in [5.41, 5.74) is -0.685. The number of amides is 2. The summed E-state index contributed by atoms with van der Waals surface area (Å²) in [7, 11) is -3.52. The van der Waals surface area contributed by atoms with E-state index in [-0.39, 0.29) is 25.1 Å². The van der Waals surface area contributed by atoms with E-state index in [9.17, 15) is 18.0 Å². The fourth-order valence-electron chi connectivity index (χ4n) is 2.45. The predicted octanol–water partition coefficient (Wildman–Crippen LogP) is -0.248. The smallest absolute Gasteiger partial charge is 0.315 e. The number of carboxylic acid groups (broad SMARTS) is 1. The van der Waals surface area contributed by atoms with Crippen LogP contribution in [0.2, 0.25) is 0 Å². The average Bonchev–Trinajstić information content (AvgIpc) is 2.70. The lowest BCUT2D eigenvalue weighted by Gasteiger charge is -2.28. The zero-order chi connectivity index (χ0) is 15.2. The van der Waals surface area contributed by atoms with Crippen molar-refractivity contribution in [1.82, 2.24) is 10.6 Å². The monoisotopic (exact) mass is 307 g/mol. The van der Waals surface area contributed by atoms with E-state index in [1.54, 1.807) is 0 Å². The Labute approximate surface area is 118 Å². The molecule has 116 valence electrons. The number of primary sulfonamides is 1. The van der Waals surface area contributed by atoms with Crippen molar-refractivity contribution in [3.8, 4) is 0 Å². The zero-order valence-corrected chi connectivity index (χ0v) is 12.0. The number of nitrogens with one attached hydrogen (secondary N) is 2. The molecule has 0 heterocycles. The fourth-order valence-corrected chi connectivity index (χ4v) is 2.99. The molecule has 1 aliphatic rings. The molecule has 9 heteroatoms. The lowest BCUT2D eigenvalue weighted by Crippen LogP contribution is -2.51. The first-order chi connectivity index (χ1) is 9.22. The molecular weight excluding hydrogens is 286 g/mol. The van der Waals surface area contributed by atoms with Crippen LogP contribution in [0.4, 0.5) is 4.79 Å². The van der Waals surface area contributed by atoms with Crippen molar-refractivity contribution in [2.24, 2.45) is 5.14 Å². The van der Waals surface area contributed by atoms with Crippen molar-refractivity contribution in [3.05, 3.63) is 0 Å². The van der Waals surface area contributed by atoms with Crippen LogP contribution in [-0.2, 0) is 14.8 Å². The van der Waals surface area contributed by atoms with Crippen molar-refractivity contribution in [2.45, 2.75) is 44.1 Å². The highest BCUT2D eigenvalue weighted by molar-refractivity contribution is 7.89. The maximum Gasteiger partial charge on any atom is 0.315 e. The van der Waals surface area contributed by atoms with E-state index in [0.717, 1.165) is 12.8 Å². The lowest BCUT2D eigenvalue weighted by molar-refractivity contribution is -0.138. The van der Waals surface area contributed by atoms with Gasteiger partial charge in [-0.2, -0.15) is 0 Å². The molecule has 0 unspecified atom stereocenters. The van der Waals surface area contributed by atoms with Gasteiger partial charge in [-0.3, -0.25) is 4.79 Å². The van der Waals surface area contributed by atoms with Gasteiger partial charge in [-0.25, -0.2) is 18.4 Å². The Morgan fingerprint density at radius 3 is 2.35 bits per heavy atom. The summed E-state index contributed by atoms with van der Waals surface area (Å²) in [6, 6.07) is -0.470. The van der Waals surface area contributed by atoms with Crippen LogP contribution >= 0.6 is 0 Å². The number of sulfonamides is 1. The van der Waals surface area contributed by atoms with Crippen molar-refractivity contribution in [2.75, 3.05) is 12.3 Å². The number of carbonyl (C=O) groups is 2. The van der Waals surface area contributed by atoms with Gasteiger partial charge in [0.15, 0.2) is 0 Å². The summed E-state index contributed by atoms with van der Waals surface area (Å²) >= 11 is 0. The minimum atomic E-state index is -3.52. The molecule has 1 fully saturated rings. The van der Waals surface area contributed by atoms with Gasteiger partial charge in [0.05, 0.1) is 17.7 Å². The Morgan fingerprint density at radius 1 is 1.25 bits per heavy atom. The number of hydrogen-bond acceptors (Lipinski definition) is 4. The SMILES string of the molecule is NS(=O)(=O)CCCNC(=O)NC1(CC(=O)O)CCCC1. The Hall–Kier alpha value is -1.35. The number of aliphatic carboxylic acids is 1. The number of carboxylic acids is 1. The molecule has 0 aromatic rings. The highest BCUT2D eigenvalue weighted by Crippen LogP contribution is 2.32. The van der Waals surface area contributed by atoms with E-state index >= 15 is 0 Å². The van der Waals surface area contributed by atoms with E-state index < -0.39 is 27.6 Å². The van der Waals surface area contributed by atoms with E-state index in [1.807, 2.05) is 0 Å². The lowest BCUT2D eigenvalue weighted by atomic mass is 9.93. The molecule has 0 saturated heterocycles. The van der Waals surface area contributed by atoms with E-state index in [0.29, 0.717) is 12.8 Å². The van der Waals surface area contributed by atoms with Crippen LogP contribution in [0.3, 0.4) is 0 Å². The minimum Gasteiger partial charge on any atom is -0.481 e. The van der Waals surface area contributed by atoms with Crippen LogP contribution in [-0.4, -0.2) is 43.4 Å². The second-order valence-electron chi connectivity index (χ2n) is 5.16. The number of carbonyl (C=O) groups excluding carboxylic acids is 1. The van der Waals surface area contributed by atoms with Crippen LogP contribution < -0.4 is 15.8 Å². The molecule has 0 spiro atoms. The van der Waals surface area contributed by atoms with Crippen molar-refractivity contribution < 1.29 is 23.1 Å². The molecule has 1 rings (SSSR count). The second kappa shape index (κ2) is 6.89. The van der Waals surface area contributed by atoms with E-state index in [1.165, 1.54) is 0 Å². The molecule has 20 heavy (non-hydrogen) atoms. The predicted molar refractivity (Wildman–Crippen MR) is 72.6 cm³/mol. The largest absolute Gasteiger partial charge is 0.481 e. The summed E-state index contributed by atoms with van der Waals surface area (Å²) in [5.74, 6) is -1.14. The Kier molecular flexibility index (Phi) is 5.75. The molecule has 0 bridgehead atoms. The van der Waals surface area contributed by atoms with Gasteiger partial charge in [-0.15, -0.1) is 0 Å². The van der Waals surface area contributed by atoms with Crippen molar-refractivity contribution in [3.63, 3.8) is 0 Å². The molecule has 8 nitrogen and oxygen atoms in total. The van der Waals surface area contributed by atoms with Gasteiger partial charge < -0.3 is 15.7 Å². The highest BCUT2D eigenvalue weighted by Gasteiger charge is 2.37. The highest BCUT2D eigenvalue weighted by atomic mass is 32.2. The third kappa shape index (κ3) is 6.20. The van der Waals surface area contributed by atoms with Crippen LogP contribution in [0.5, 0.6) is 0 Å². The van der Waals surface area contributed by atoms with Crippen LogP contribution in [0.25, 0.3) is 0 Å². The molecule has 0 aromatic heterocycles. The van der Waals surface area contributed by atoms with Crippen molar-refractivity contribution in [1.29, 1.82) is 0 Å². The van der Waals surface area contributed by atoms with Gasteiger partial charge >= 0.3 is 12.0 Å². The van der Waals surface area contributed by atoms with Crippen molar-refractivity contribution >= 4 is 22.0 Å². The third-order valence-electron chi connectivity index (χ3n) is 3.32. The second-order valence-corrected chi connectivity index (χ2v) is 6.89. The van der Waals surface area contributed by atoms with Gasteiger partial charge in [0.1, 0.15) is 0 Å². The zero-order valence-electron chi connectivity index (χ0n) is 11.2. The quantitative estimate of drug-likeness (QED) is 0.480. The van der Waals surface area contributed by atoms with Gasteiger partial charge in [0.2, 0.25) is 10.0 Å². The number of nitrogens with two attached hydrogens (primary N) is 1. The molecule has 1 saturated carbocycles. The first-order valence-electron chi connectivity index (χ1n) is 6.51. The maximum absolute atomic E-state index is 11.7. The van der Waals surface area contributed by atoms with E-state index in [4.69, 9.17) is 10.2 Å². The molecule has 0 radical (unpaired) electrons. The average molecular weight is 307 g/mol. The molecule has 2 amide bonds. The molecule has 0 aromatic carbocycles. The van der Waals surface area contributed by atoms with Gasteiger partial charge in [-0.05, 0) is 19.3 Å². The summed E-state index contributed by atoms with van der Waals surface area (Å²) in [4.78, 5) is 22.6. The Balaban J connectivity index is 2.37. The number of hydrogen-bond donors (Lipinski definition) is 4. The Morgan fingerprint density at radius 2 is 1.85 bits per heavy atom. The van der Waals surface area contributed by atoms with E-state index in [2.05, 4.69) is 10.6 Å². The van der Waals surface area contributed by atoms with Crippen LogP contribution in [0, 0.1) is 0 Å². The molecule has 5 N–H and O–H groups in total. The summed E-state index contributed by atoms with van der Waals surface area (Å²) in [6.07, 6.45) is 3.18. The summed E-state index contributed by atoms with van der Waals surface area (Å²) in [6.45, 7) is 0.172. The van der Waals surface area contributed by atoms with Crippen LogP contribution in [0.1, 0.15) is 38.5 Å². The van der Waals surface area contributed by atoms with Gasteiger partial charge in [0.25, 0.3) is 0 Å². The first kappa shape index (κ1) is 16.7. The molecular formula is C11H21N3O5S. The van der Waals surface area contributed by atoms with Crippen LogP contribution in [0.15, 0.2) is 0 Å². The first-order valence-corrected chi connectivity index (χ1v) is 8.22. The summed E-state index contributed by atoms with van der Waals surface area (Å²) in [5, 5.41) is 19.0. The third-order valence-corrected chi connectivity index (χ3v) is 4.18. The normalized spacial score (nSPS) is 17.6. The minimum absolute atomic E-state index is 0.0996. The maximum atomic E-state index is 11.7. The Bertz CT molecular complexity index is 457. The molecule has 1 aliphatic carbocycles. The molecule has 0 atom stereocenters. The molecule has 0 aliphatic heterocycles. The topological polar surface area (TPSA) is 139 Å². The number of urea groups is 1. The summed E-state index contributed by atoms with van der Waals surface area (Å²) < 4.78 is 21.4.